The highest BCUT2D eigenvalue weighted by Crippen LogP contribution is 2.33. The maximum atomic E-state index is 12.2. The summed E-state index contributed by atoms with van der Waals surface area (Å²) in [7, 11) is 0. The number of hydrogen-bond acceptors (Lipinski definition) is 2. The minimum Gasteiger partial charge on any atom is -0.328 e. The molecule has 0 saturated heterocycles. The van der Waals surface area contributed by atoms with Crippen LogP contribution in [0.25, 0.3) is 5.70 Å². The summed E-state index contributed by atoms with van der Waals surface area (Å²) in [4.78, 5) is 13.9. The number of rotatable bonds is 3. The average Bonchev–Trinajstić information content (AvgIpc) is 2.57. The van der Waals surface area contributed by atoms with E-state index in [9.17, 15) is 4.79 Å². The van der Waals surface area contributed by atoms with Crippen LogP contribution >= 0.6 is 0 Å². The summed E-state index contributed by atoms with van der Waals surface area (Å²) in [5.41, 5.74) is 8.13. The molecule has 1 aliphatic rings. The van der Waals surface area contributed by atoms with E-state index in [4.69, 9.17) is 5.73 Å². The average molecular weight is 216 g/mol. The van der Waals surface area contributed by atoms with Gasteiger partial charge in [0.2, 0.25) is 0 Å². The highest BCUT2D eigenvalue weighted by atomic mass is 16.2. The molecule has 0 saturated carbocycles. The number of fused-ring (bicyclic) bond motifs is 1. The van der Waals surface area contributed by atoms with Gasteiger partial charge in [-0.05, 0) is 12.5 Å². The van der Waals surface area contributed by atoms with Crippen molar-refractivity contribution in [1.29, 1.82) is 0 Å². The van der Waals surface area contributed by atoms with E-state index in [1.54, 1.807) is 4.90 Å². The van der Waals surface area contributed by atoms with Gasteiger partial charge in [-0.15, -0.1) is 0 Å². The van der Waals surface area contributed by atoms with Crippen LogP contribution in [0.1, 0.15) is 29.3 Å². The van der Waals surface area contributed by atoms with Crippen molar-refractivity contribution < 1.29 is 4.79 Å². The summed E-state index contributed by atoms with van der Waals surface area (Å²) in [6, 6.07) is 7.61. The molecule has 0 radical (unpaired) electrons. The Labute approximate surface area is 95.6 Å². The number of amides is 1. The normalized spacial score (nSPS) is 16.5. The third kappa shape index (κ3) is 1.44. The van der Waals surface area contributed by atoms with Gasteiger partial charge in [-0.1, -0.05) is 31.7 Å². The molecule has 1 unspecified atom stereocenters. The highest BCUT2D eigenvalue weighted by molar-refractivity contribution is 6.09. The minimum atomic E-state index is 0.0258. The Morgan fingerprint density at radius 1 is 1.38 bits per heavy atom. The van der Waals surface area contributed by atoms with Gasteiger partial charge >= 0.3 is 0 Å². The van der Waals surface area contributed by atoms with Gasteiger partial charge in [0.1, 0.15) is 0 Å². The third-order valence-electron chi connectivity index (χ3n) is 3.09. The number of benzene rings is 1. The lowest BCUT2D eigenvalue weighted by atomic mass is 10.1. The summed E-state index contributed by atoms with van der Waals surface area (Å²) < 4.78 is 0. The van der Waals surface area contributed by atoms with Crippen molar-refractivity contribution in [3.05, 3.63) is 42.0 Å². The van der Waals surface area contributed by atoms with Crippen molar-refractivity contribution in [3.63, 3.8) is 0 Å². The predicted molar refractivity (Wildman–Crippen MR) is 64.8 cm³/mol. The summed E-state index contributed by atoms with van der Waals surface area (Å²) in [6.45, 7) is 6.49. The second-order valence-corrected chi connectivity index (χ2v) is 3.97. The molecule has 1 heterocycles. The Hall–Kier alpha value is -1.61. The number of hydrogen-bond donors (Lipinski definition) is 1. The van der Waals surface area contributed by atoms with E-state index < -0.39 is 0 Å². The molecule has 1 aromatic carbocycles. The van der Waals surface area contributed by atoms with Gasteiger partial charge in [-0.2, -0.15) is 0 Å². The second kappa shape index (κ2) is 4.10. The molecule has 2 rings (SSSR count). The van der Waals surface area contributed by atoms with Crippen LogP contribution in [-0.2, 0) is 0 Å². The fraction of sp³-hybridized carbons (Fsp3) is 0.308. The van der Waals surface area contributed by atoms with Crippen LogP contribution in [0.2, 0.25) is 0 Å². The number of nitrogens with zero attached hydrogens (tertiary/aromatic N) is 1. The first-order valence-corrected chi connectivity index (χ1v) is 5.52. The first-order valence-electron chi connectivity index (χ1n) is 5.52. The molecular weight excluding hydrogens is 200 g/mol. The van der Waals surface area contributed by atoms with Gasteiger partial charge in [0.05, 0.1) is 0 Å². The number of carbonyl (C=O) groups is 1. The molecule has 0 spiro atoms. The smallest absolute Gasteiger partial charge is 0.259 e. The minimum absolute atomic E-state index is 0.0258. The van der Waals surface area contributed by atoms with Crippen molar-refractivity contribution in [2.45, 2.75) is 19.4 Å². The molecule has 1 aromatic rings. The zero-order chi connectivity index (χ0) is 11.7. The monoisotopic (exact) mass is 216 g/mol. The molecule has 0 aromatic heterocycles. The van der Waals surface area contributed by atoms with E-state index in [-0.39, 0.29) is 11.9 Å². The topological polar surface area (TPSA) is 46.3 Å². The maximum Gasteiger partial charge on any atom is 0.259 e. The summed E-state index contributed by atoms with van der Waals surface area (Å²) in [5.74, 6) is 0.0258. The van der Waals surface area contributed by atoms with E-state index in [0.717, 1.165) is 23.2 Å². The SMILES string of the molecule is C=C1c2ccccc2C(=O)N1C(CC)CN. The van der Waals surface area contributed by atoms with Crippen molar-refractivity contribution in [1.82, 2.24) is 4.90 Å². The number of carbonyl (C=O) groups excluding carboxylic acids is 1. The van der Waals surface area contributed by atoms with Crippen LogP contribution in [-0.4, -0.2) is 23.4 Å². The lowest BCUT2D eigenvalue weighted by Gasteiger charge is -2.26. The van der Waals surface area contributed by atoms with E-state index in [1.807, 2.05) is 31.2 Å². The lowest BCUT2D eigenvalue weighted by molar-refractivity contribution is 0.0805. The van der Waals surface area contributed by atoms with E-state index >= 15 is 0 Å². The summed E-state index contributed by atoms with van der Waals surface area (Å²) in [5, 5.41) is 0. The largest absolute Gasteiger partial charge is 0.328 e. The Bertz CT molecular complexity index is 400. The predicted octanol–water partition coefficient (Wildman–Crippen LogP) is 1.85. The Balaban J connectivity index is 2.42. The van der Waals surface area contributed by atoms with Crippen LogP contribution in [0.5, 0.6) is 0 Å². The molecule has 3 nitrogen and oxygen atoms in total. The van der Waals surface area contributed by atoms with Crippen molar-refractivity contribution in [2.24, 2.45) is 5.73 Å². The molecule has 1 aliphatic heterocycles. The lowest BCUT2D eigenvalue weighted by Crippen LogP contribution is -2.39. The number of nitrogens with two attached hydrogens (primary N) is 1. The van der Waals surface area contributed by atoms with Gasteiger partial charge in [-0.3, -0.25) is 4.79 Å². The summed E-state index contributed by atoms with van der Waals surface area (Å²) >= 11 is 0. The van der Waals surface area contributed by atoms with Crippen LogP contribution in [0.15, 0.2) is 30.8 Å². The highest BCUT2D eigenvalue weighted by Gasteiger charge is 2.34. The molecule has 2 N–H and O–H groups in total. The van der Waals surface area contributed by atoms with Crippen LogP contribution in [0.4, 0.5) is 0 Å². The zero-order valence-corrected chi connectivity index (χ0v) is 9.44. The van der Waals surface area contributed by atoms with Crippen LogP contribution < -0.4 is 5.73 Å². The third-order valence-corrected chi connectivity index (χ3v) is 3.09. The fourth-order valence-electron chi connectivity index (χ4n) is 2.14. The van der Waals surface area contributed by atoms with Crippen LogP contribution in [0, 0.1) is 0 Å². The molecule has 1 atom stereocenters. The van der Waals surface area contributed by atoms with Crippen molar-refractivity contribution in [2.75, 3.05) is 6.54 Å². The van der Waals surface area contributed by atoms with Gasteiger partial charge in [0.15, 0.2) is 0 Å². The van der Waals surface area contributed by atoms with Gasteiger partial charge < -0.3 is 10.6 Å². The molecular formula is C13H16N2O. The van der Waals surface area contributed by atoms with E-state index in [2.05, 4.69) is 6.58 Å². The fourth-order valence-corrected chi connectivity index (χ4v) is 2.14. The molecule has 0 fully saturated rings. The molecule has 3 heteroatoms. The van der Waals surface area contributed by atoms with Crippen molar-refractivity contribution >= 4 is 11.6 Å². The standard InChI is InChI=1S/C13H16N2O/c1-3-10(8-14)15-9(2)11-6-4-5-7-12(11)13(15)16/h4-7,10H,2-3,8,14H2,1H3. The van der Waals surface area contributed by atoms with Crippen molar-refractivity contribution in [3.8, 4) is 0 Å². The van der Waals surface area contributed by atoms with E-state index in [1.165, 1.54) is 0 Å². The zero-order valence-electron chi connectivity index (χ0n) is 9.44. The quantitative estimate of drug-likeness (QED) is 0.838. The maximum absolute atomic E-state index is 12.2. The van der Waals surface area contributed by atoms with Gasteiger partial charge in [0, 0.05) is 29.4 Å². The van der Waals surface area contributed by atoms with Gasteiger partial charge in [0.25, 0.3) is 5.91 Å². The first-order chi connectivity index (χ1) is 7.70. The molecule has 84 valence electrons. The second-order valence-electron chi connectivity index (χ2n) is 3.97. The molecule has 16 heavy (non-hydrogen) atoms. The van der Waals surface area contributed by atoms with Gasteiger partial charge in [-0.25, -0.2) is 0 Å². The van der Waals surface area contributed by atoms with Crippen LogP contribution in [0.3, 0.4) is 0 Å². The summed E-state index contributed by atoms with van der Waals surface area (Å²) in [6.07, 6.45) is 0.843. The Morgan fingerprint density at radius 3 is 2.50 bits per heavy atom. The molecule has 1 amide bonds. The first kappa shape index (κ1) is 10.9. The van der Waals surface area contributed by atoms with E-state index in [0.29, 0.717) is 6.54 Å². The Morgan fingerprint density at radius 2 is 2.00 bits per heavy atom. The molecule has 0 aliphatic carbocycles. The Kier molecular flexibility index (Phi) is 2.79. The molecule has 0 bridgehead atoms.